The molecule has 102 valence electrons. The number of imide groups is 1. The Bertz CT molecular complexity index is 629. The number of benzene rings is 1. The minimum Gasteiger partial charge on any atom is -0.296 e. The predicted octanol–water partition coefficient (Wildman–Crippen LogP) is 1.12. The minimum absolute atomic E-state index is 0.148. The number of ketones is 2. The average molecular weight is 271 g/mol. The number of carbonyl (C=O) groups excluding carboxylic acids is 4. The van der Waals surface area contributed by atoms with Crippen molar-refractivity contribution in [1.29, 1.82) is 0 Å². The Balaban J connectivity index is 2.04. The van der Waals surface area contributed by atoms with E-state index in [4.69, 9.17) is 0 Å². The molecule has 3 rings (SSSR count). The van der Waals surface area contributed by atoms with Crippen LogP contribution in [-0.4, -0.2) is 23.4 Å². The number of nitrogens with one attached hydrogen (secondary N) is 1. The second kappa shape index (κ2) is 4.10. The Morgan fingerprint density at radius 3 is 2.10 bits per heavy atom. The van der Waals surface area contributed by atoms with Crippen LogP contribution in [0, 0.1) is 11.3 Å². The maximum Gasteiger partial charge on any atom is 0.233 e. The number of rotatable bonds is 1. The Morgan fingerprint density at radius 1 is 1.05 bits per heavy atom. The van der Waals surface area contributed by atoms with Crippen LogP contribution in [0.5, 0.6) is 0 Å². The predicted molar refractivity (Wildman–Crippen MR) is 69.1 cm³/mol. The van der Waals surface area contributed by atoms with Gasteiger partial charge in [0.25, 0.3) is 0 Å². The molecular formula is C15H13NO4. The number of piperidine rings is 1. The molecule has 2 amide bonds. The fourth-order valence-electron chi connectivity index (χ4n) is 3.02. The van der Waals surface area contributed by atoms with Crippen LogP contribution in [-0.2, 0) is 9.59 Å². The highest BCUT2D eigenvalue weighted by Gasteiger charge is 2.54. The third kappa shape index (κ3) is 1.56. The van der Waals surface area contributed by atoms with E-state index >= 15 is 0 Å². The molecule has 1 saturated heterocycles. The lowest BCUT2D eigenvalue weighted by atomic mass is 9.69. The van der Waals surface area contributed by atoms with Crippen LogP contribution in [0.1, 0.15) is 40.5 Å². The molecule has 2 aliphatic rings. The van der Waals surface area contributed by atoms with Gasteiger partial charge in [0, 0.05) is 17.5 Å². The zero-order chi connectivity index (χ0) is 14.5. The summed E-state index contributed by atoms with van der Waals surface area (Å²) in [6.07, 6.45) is 0.365. The molecule has 0 spiro atoms. The van der Waals surface area contributed by atoms with Crippen molar-refractivity contribution in [3.63, 3.8) is 0 Å². The van der Waals surface area contributed by atoms with E-state index in [9.17, 15) is 19.2 Å². The summed E-state index contributed by atoms with van der Waals surface area (Å²) in [4.78, 5) is 48.3. The largest absolute Gasteiger partial charge is 0.296 e. The summed E-state index contributed by atoms with van der Waals surface area (Å²) in [5.74, 6) is -2.56. The fourth-order valence-corrected chi connectivity index (χ4v) is 3.02. The summed E-state index contributed by atoms with van der Waals surface area (Å²) >= 11 is 0. The van der Waals surface area contributed by atoms with E-state index in [2.05, 4.69) is 5.32 Å². The maximum absolute atomic E-state index is 12.5. The van der Waals surface area contributed by atoms with Crippen LogP contribution in [0.3, 0.4) is 0 Å². The minimum atomic E-state index is -1.15. The zero-order valence-electron chi connectivity index (χ0n) is 10.9. The lowest BCUT2D eigenvalue weighted by Gasteiger charge is -2.34. The van der Waals surface area contributed by atoms with Gasteiger partial charge >= 0.3 is 0 Å². The Labute approximate surface area is 115 Å². The molecule has 1 aromatic rings. The lowest BCUT2D eigenvalue weighted by Crippen LogP contribution is -2.53. The first-order chi connectivity index (χ1) is 9.45. The molecule has 1 atom stereocenters. The molecule has 5 nitrogen and oxygen atoms in total. The number of fused-ring (bicyclic) bond motifs is 1. The van der Waals surface area contributed by atoms with Crippen LogP contribution in [0.25, 0.3) is 0 Å². The van der Waals surface area contributed by atoms with Crippen molar-refractivity contribution >= 4 is 23.4 Å². The van der Waals surface area contributed by atoms with Crippen molar-refractivity contribution in [3.05, 3.63) is 35.4 Å². The summed E-state index contributed by atoms with van der Waals surface area (Å²) in [7, 11) is 0. The second-order valence-electron chi connectivity index (χ2n) is 5.50. The highest BCUT2D eigenvalue weighted by Crippen LogP contribution is 2.43. The topological polar surface area (TPSA) is 80.3 Å². The molecule has 1 fully saturated rings. The van der Waals surface area contributed by atoms with E-state index in [0.717, 1.165) is 0 Å². The number of amides is 2. The Hall–Kier alpha value is -2.30. The van der Waals surface area contributed by atoms with Gasteiger partial charge in [0.2, 0.25) is 11.8 Å². The first-order valence-corrected chi connectivity index (χ1v) is 6.47. The standard InChI is InChI=1S/C15H13NO4/c1-15(7-6-10(17)16-14(15)20)11-12(18)8-4-2-3-5-9(8)13(11)19/h2-5,11H,6-7H2,1H3,(H,16,17,20). The van der Waals surface area contributed by atoms with Gasteiger partial charge in [-0.25, -0.2) is 0 Å². The van der Waals surface area contributed by atoms with Gasteiger partial charge in [0.1, 0.15) is 0 Å². The van der Waals surface area contributed by atoms with Crippen LogP contribution >= 0.6 is 0 Å². The molecule has 1 aromatic carbocycles. The van der Waals surface area contributed by atoms with Crippen LogP contribution in [0.2, 0.25) is 0 Å². The first-order valence-electron chi connectivity index (χ1n) is 6.47. The van der Waals surface area contributed by atoms with Crippen molar-refractivity contribution in [2.45, 2.75) is 19.8 Å². The van der Waals surface area contributed by atoms with Crippen LogP contribution < -0.4 is 5.32 Å². The van der Waals surface area contributed by atoms with Crippen molar-refractivity contribution in [3.8, 4) is 0 Å². The molecular weight excluding hydrogens is 258 g/mol. The van der Waals surface area contributed by atoms with E-state index in [1.807, 2.05) is 0 Å². The number of carbonyl (C=O) groups is 4. The monoisotopic (exact) mass is 271 g/mol. The van der Waals surface area contributed by atoms with Gasteiger partial charge in [-0.3, -0.25) is 24.5 Å². The first kappa shape index (κ1) is 12.7. The summed E-state index contributed by atoms with van der Waals surface area (Å²) in [6, 6.07) is 6.59. The molecule has 0 aromatic heterocycles. The van der Waals surface area contributed by atoms with Gasteiger partial charge in [-0.15, -0.1) is 0 Å². The van der Waals surface area contributed by atoms with Gasteiger partial charge in [-0.1, -0.05) is 24.3 Å². The summed E-state index contributed by atoms with van der Waals surface area (Å²) in [5, 5.41) is 2.23. The smallest absolute Gasteiger partial charge is 0.233 e. The van der Waals surface area contributed by atoms with Crippen molar-refractivity contribution in [2.24, 2.45) is 11.3 Å². The highest BCUT2D eigenvalue weighted by atomic mass is 16.2. The Kier molecular flexibility index (Phi) is 2.61. The summed E-state index contributed by atoms with van der Waals surface area (Å²) in [5.41, 5.74) is -0.414. The van der Waals surface area contributed by atoms with E-state index < -0.39 is 17.2 Å². The molecule has 1 heterocycles. The third-order valence-corrected chi connectivity index (χ3v) is 4.26. The Morgan fingerprint density at radius 2 is 1.60 bits per heavy atom. The molecule has 20 heavy (non-hydrogen) atoms. The fraction of sp³-hybridized carbons (Fsp3) is 0.333. The van der Waals surface area contributed by atoms with Crippen molar-refractivity contribution in [2.75, 3.05) is 0 Å². The molecule has 0 bridgehead atoms. The number of hydrogen-bond donors (Lipinski definition) is 1. The maximum atomic E-state index is 12.5. The van der Waals surface area contributed by atoms with Gasteiger partial charge in [-0.05, 0) is 13.3 Å². The number of Topliss-reactive ketones (excluding diaryl/α,β-unsaturated/α-hetero) is 2. The van der Waals surface area contributed by atoms with Crippen molar-refractivity contribution in [1.82, 2.24) is 5.32 Å². The van der Waals surface area contributed by atoms with Crippen LogP contribution in [0.15, 0.2) is 24.3 Å². The molecule has 1 N–H and O–H groups in total. The van der Waals surface area contributed by atoms with Gasteiger partial charge in [0.15, 0.2) is 11.6 Å². The zero-order valence-corrected chi connectivity index (χ0v) is 10.9. The molecule has 1 unspecified atom stereocenters. The third-order valence-electron chi connectivity index (χ3n) is 4.26. The summed E-state index contributed by atoms with van der Waals surface area (Å²) < 4.78 is 0. The van der Waals surface area contributed by atoms with Crippen LogP contribution in [0.4, 0.5) is 0 Å². The van der Waals surface area contributed by atoms with E-state index in [1.54, 1.807) is 31.2 Å². The van der Waals surface area contributed by atoms with Gasteiger partial charge in [0.05, 0.1) is 11.3 Å². The lowest BCUT2D eigenvalue weighted by molar-refractivity contribution is -0.142. The van der Waals surface area contributed by atoms with E-state index in [0.29, 0.717) is 11.1 Å². The quantitative estimate of drug-likeness (QED) is 0.613. The molecule has 1 aliphatic carbocycles. The molecule has 5 heteroatoms. The van der Waals surface area contributed by atoms with Gasteiger partial charge < -0.3 is 0 Å². The van der Waals surface area contributed by atoms with E-state index in [-0.39, 0.29) is 30.3 Å². The van der Waals surface area contributed by atoms with Crippen molar-refractivity contribution < 1.29 is 19.2 Å². The van der Waals surface area contributed by atoms with E-state index in [1.165, 1.54) is 0 Å². The average Bonchev–Trinajstić information content (AvgIpc) is 2.68. The summed E-state index contributed by atoms with van der Waals surface area (Å²) in [6.45, 7) is 1.58. The SMILES string of the molecule is CC1(C2C(=O)c3ccccc3C2=O)CCC(=O)NC1=O. The normalized spacial score (nSPS) is 26.6. The molecule has 1 aliphatic heterocycles. The molecule has 0 saturated carbocycles. The molecule has 0 radical (unpaired) electrons. The number of hydrogen-bond acceptors (Lipinski definition) is 4. The van der Waals surface area contributed by atoms with Gasteiger partial charge in [-0.2, -0.15) is 0 Å². The second-order valence-corrected chi connectivity index (χ2v) is 5.50. The highest BCUT2D eigenvalue weighted by molar-refractivity contribution is 6.28.